The summed E-state index contributed by atoms with van der Waals surface area (Å²) < 4.78 is 0. The summed E-state index contributed by atoms with van der Waals surface area (Å²) >= 11 is 0. The lowest BCUT2D eigenvalue weighted by Crippen LogP contribution is -2.40. The van der Waals surface area contributed by atoms with E-state index in [2.05, 4.69) is 26.1 Å². The first-order valence-corrected chi connectivity index (χ1v) is 6.00. The molecule has 0 aromatic carbocycles. The molecule has 0 bridgehead atoms. The summed E-state index contributed by atoms with van der Waals surface area (Å²) in [6.45, 7) is 8.94. The Bertz CT molecular complexity index is 180. The fourth-order valence-electron chi connectivity index (χ4n) is 1.66. The summed E-state index contributed by atoms with van der Waals surface area (Å²) in [5, 5.41) is 2.91. The highest BCUT2D eigenvalue weighted by Crippen LogP contribution is 2.05. The third-order valence-electron chi connectivity index (χ3n) is 2.48. The first kappa shape index (κ1) is 14.4. The van der Waals surface area contributed by atoms with Crippen LogP contribution in [-0.4, -0.2) is 18.5 Å². The van der Waals surface area contributed by atoms with E-state index in [1.54, 1.807) is 0 Å². The van der Waals surface area contributed by atoms with Gasteiger partial charge in [-0.25, -0.2) is 0 Å². The summed E-state index contributed by atoms with van der Waals surface area (Å²) in [7, 11) is 0. The third-order valence-corrected chi connectivity index (χ3v) is 2.48. The van der Waals surface area contributed by atoms with Gasteiger partial charge in [0.1, 0.15) is 0 Å². The van der Waals surface area contributed by atoms with Gasteiger partial charge in [-0.1, -0.05) is 34.1 Å². The van der Waals surface area contributed by atoms with Crippen molar-refractivity contribution in [1.29, 1.82) is 0 Å². The first-order valence-electron chi connectivity index (χ1n) is 6.00. The van der Waals surface area contributed by atoms with E-state index in [1.165, 1.54) is 0 Å². The van der Waals surface area contributed by atoms with Crippen LogP contribution in [0.4, 0.5) is 0 Å². The van der Waals surface area contributed by atoms with Crippen molar-refractivity contribution in [1.82, 2.24) is 5.32 Å². The average Bonchev–Trinajstić information content (AvgIpc) is 2.13. The lowest BCUT2D eigenvalue weighted by atomic mass is 10.0. The molecule has 0 heterocycles. The number of carbonyl (C=O) groups excluding carboxylic acids is 1. The second kappa shape index (κ2) is 7.69. The van der Waals surface area contributed by atoms with Crippen LogP contribution < -0.4 is 11.1 Å². The van der Waals surface area contributed by atoms with Gasteiger partial charge in [-0.2, -0.15) is 0 Å². The fourth-order valence-corrected chi connectivity index (χ4v) is 1.66. The molecule has 0 aromatic heterocycles. The molecule has 0 fully saturated rings. The van der Waals surface area contributed by atoms with Gasteiger partial charge in [0.2, 0.25) is 5.91 Å². The van der Waals surface area contributed by atoms with Crippen LogP contribution in [0.3, 0.4) is 0 Å². The number of nitrogens with two attached hydrogens (primary N) is 1. The lowest BCUT2D eigenvalue weighted by Gasteiger charge is -2.16. The molecule has 3 nitrogen and oxygen atoms in total. The van der Waals surface area contributed by atoms with E-state index in [4.69, 9.17) is 5.73 Å². The Kier molecular flexibility index (Phi) is 7.39. The van der Waals surface area contributed by atoms with Gasteiger partial charge in [0.15, 0.2) is 0 Å². The van der Waals surface area contributed by atoms with Gasteiger partial charge >= 0.3 is 0 Å². The molecule has 3 heteroatoms. The minimum Gasteiger partial charge on any atom is -0.354 e. The number of amides is 1. The summed E-state index contributed by atoms with van der Waals surface area (Å²) in [6, 6.07) is 0.0859. The number of carbonyl (C=O) groups is 1. The van der Waals surface area contributed by atoms with Crippen molar-refractivity contribution in [3.63, 3.8) is 0 Å². The SMILES string of the molecule is CCCC(C)C(=O)NCC(N)CC(C)C. The van der Waals surface area contributed by atoms with E-state index >= 15 is 0 Å². The quantitative estimate of drug-likeness (QED) is 0.680. The molecular formula is C12H26N2O. The van der Waals surface area contributed by atoms with Crippen molar-refractivity contribution in [2.45, 2.75) is 53.0 Å². The van der Waals surface area contributed by atoms with Crippen molar-refractivity contribution in [3.8, 4) is 0 Å². The maximum Gasteiger partial charge on any atom is 0.222 e. The molecule has 0 radical (unpaired) electrons. The molecular weight excluding hydrogens is 188 g/mol. The molecule has 0 aromatic rings. The smallest absolute Gasteiger partial charge is 0.222 e. The van der Waals surface area contributed by atoms with Crippen molar-refractivity contribution < 1.29 is 4.79 Å². The predicted molar refractivity (Wildman–Crippen MR) is 64.5 cm³/mol. The van der Waals surface area contributed by atoms with E-state index in [0.29, 0.717) is 12.5 Å². The minimum absolute atomic E-state index is 0.0859. The highest BCUT2D eigenvalue weighted by molar-refractivity contribution is 5.78. The number of hydrogen-bond donors (Lipinski definition) is 2. The monoisotopic (exact) mass is 214 g/mol. The average molecular weight is 214 g/mol. The van der Waals surface area contributed by atoms with E-state index in [-0.39, 0.29) is 17.9 Å². The molecule has 90 valence electrons. The number of hydrogen-bond acceptors (Lipinski definition) is 2. The van der Waals surface area contributed by atoms with Crippen LogP contribution in [0.1, 0.15) is 47.0 Å². The molecule has 0 rings (SSSR count). The Morgan fingerprint density at radius 1 is 1.33 bits per heavy atom. The fraction of sp³-hybridized carbons (Fsp3) is 0.917. The molecule has 2 unspecified atom stereocenters. The normalized spacial score (nSPS) is 15.1. The van der Waals surface area contributed by atoms with Crippen molar-refractivity contribution in [3.05, 3.63) is 0 Å². The molecule has 3 N–H and O–H groups in total. The van der Waals surface area contributed by atoms with Crippen LogP contribution in [0.5, 0.6) is 0 Å². The summed E-state index contributed by atoms with van der Waals surface area (Å²) in [6.07, 6.45) is 2.96. The van der Waals surface area contributed by atoms with E-state index in [9.17, 15) is 4.79 Å². The lowest BCUT2D eigenvalue weighted by molar-refractivity contribution is -0.124. The van der Waals surface area contributed by atoms with Gasteiger partial charge < -0.3 is 11.1 Å². The predicted octanol–water partition coefficient (Wildman–Crippen LogP) is 1.91. The zero-order valence-electron chi connectivity index (χ0n) is 10.5. The molecule has 0 saturated heterocycles. The van der Waals surface area contributed by atoms with Crippen molar-refractivity contribution in [2.24, 2.45) is 17.6 Å². The van der Waals surface area contributed by atoms with Gasteiger partial charge in [-0.3, -0.25) is 4.79 Å². The Morgan fingerprint density at radius 3 is 2.40 bits per heavy atom. The van der Waals surface area contributed by atoms with Crippen LogP contribution in [-0.2, 0) is 4.79 Å². The van der Waals surface area contributed by atoms with Crippen molar-refractivity contribution >= 4 is 5.91 Å². The molecule has 0 saturated carbocycles. The molecule has 1 amide bonds. The second-order valence-electron chi connectivity index (χ2n) is 4.82. The number of nitrogens with one attached hydrogen (secondary N) is 1. The maximum atomic E-state index is 11.6. The summed E-state index contributed by atoms with van der Waals surface area (Å²) in [5.41, 5.74) is 5.88. The van der Waals surface area contributed by atoms with Crippen LogP contribution >= 0.6 is 0 Å². The summed E-state index contributed by atoms with van der Waals surface area (Å²) in [4.78, 5) is 11.6. The van der Waals surface area contributed by atoms with E-state index < -0.39 is 0 Å². The molecule has 0 spiro atoms. The van der Waals surface area contributed by atoms with Gasteiger partial charge in [0.05, 0.1) is 0 Å². The molecule has 0 aliphatic rings. The van der Waals surface area contributed by atoms with Gasteiger partial charge in [-0.05, 0) is 18.8 Å². The zero-order valence-corrected chi connectivity index (χ0v) is 10.5. The second-order valence-corrected chi connectivity index (χ2v) is 4.82. The van der Waals surface area contributed by atoms with E-state index in [0.717, 1.165) is 19.3 Å². The Hall–Kier alpha value is -0.570. The standard InChI is InChI=1S/C12H26N2O/c1-5-6-10(4)12(15)14-8-11(13)7-9(2)3/h9-11H,5-8,13H2,1-4H3,(H,14,15). The molecule has 0 aliphatic carbocycles. The Morgan fingerprint density at radius 2 is 1.93 bits per heavy atom. The topological polar surface area (TPSA) is 55.1 Å². The molecule has 0 aliphatic heterocycles. The van der Waals surface area contributed by atoms with Gasteiger partial charge in [-0.15, -0.1) is 0 Å². The number of rotatable bonds is 7. The van der Waals surface area contributed by atoms with Crippen molar-refractivity contribution in [2.75, 3.05) is 6.54 Å². The first-order chi connectivity index (χ1) is 6.97. The zero-order chi connectivity index (χ0) is 11.8. The molecule has 15 heavy (non-hydrogen) atoms. The highest BCUT2D eigenvalue weighted by atomic mass is 16.1. The maximum absolute atomic E-state index is 11.6. The summed E-state index contributed by atoms with van der Waals surface area (Å²) in [5.74, 6) is 0.835. The Balaban J connectivity index is 3.70. The van der Waals surface area contributed by atoms with Crippen LogP contribution in [0.25, 0.3) is 0 Å². The molecule has 2 atom stereocenters. The van der Waals surface area contributed by atoms with Gasteiger partial charge in [0.25, 0.3) is 0 Å². The largest absolute Gasteiger partial charge is 0.354 e. The van der Waals surface area contributed by atoms with Crippen LogP contribution in [0, 0.1) is 11.8 Å². The Labute approximate surface area is 93.8 Å². The highest BCUT2D eigenvalue weighted by Gasteiger charge is 2.13. The minimum atomic E-state index is 0.0859. The van der Waals surface area contributed by atoms with Crippen LogP contribution in [0.2, 0.25) is 0 Å². The third kappa shape index (κ3) is 7.37. The van der Waals surface area contributed by atoms with E-state index in [1.807, 2.05) is 6.92 Å². The van der Waals surface area contributed by atoms with Gasteiger partial charge in [0, 0.05) is 18.5 Å². The van der Waals surface area contributed by atoms with Crippen LogP contribution in [0.15, 0.2) is 0 Å².